The summed E-state index contributed by atoms with van der Waals surface area (Å²) < 4.78 is 1.57. The Balaban J connectivity index is 2.89. The molecule has 0 spiro atoms. The van der Waals surface area contributed by atoms with Gasteiger partial charge in [-0.2, -0.15) is 5.26 Å². The van der Waals surface area contributed by atoms with Crippen molar-refractivity contribution >= 4 is 11.5 Å². The summed E-state index contributed by atoms with van der Waals surface area (Å²) in [6, 6.07) is 1.94. The van der Waals surface area contributed by atoms with Crippen LogP contribution in [0.4, 0.5) is 5.82 Å². The van der Waals surface area contributed by atoms with Crippen LogP contribution in [0.2, 0.25) is 0 Å². The zero-order chi connectivity index (χ0) is 8.55. The summed E-state index contributed by atoms with van der Waals surface area (Å²) in [7, 11) is 0. The van der Waals surface area contributed by atoms with Crippen molar-refractivity contribution in [1.29, 1.82) is 5.26 Å². The summed E-state index contributed by atoms with van der Waals surface area (Å²) in [5.41, 5.74) is 6.64. The van der Waals surface area contributed by atoms with Crippen LogP contribution >= 0.6 is 0 Å². The molecule has 0 bridgehead atoms. The van der Waals surface area contributed by atoms with Gasteiger partial charge in [0.15, 0.2) is 5.65 Å². The Labute approximate surface area is 68.1 Å². The number of nitrogens with two attached hydrogens (primary N) is 1. The number of hydrogen-bond donors (Lipinski definition) is 1. The number of nitrogen functional groups attached to an aromatic ring is 1. The molecule has 12 heavy (non-hydrogen) atoms. The summed E-state index contributed by atoms with van der Waals surface area (Å²) >= 11 is 0. The van der Waals surface area contributed by atoms with Crippen molar-refractivity contribution in [3.8, 4) is 6.07 Å². The van der Waals surface area contributed by atoms with Gasteiger partial charge in [-0.3, -0.25) is 4.40 Å². The molecule has 0 radical (unpaired) electrons. The van der Waals surface area contributed by atoms with Crippen LogP contribution in [-0.4, -0.2) is 14.4 Å². The summed E-state index contributed by atoms with van der Waals surface area (Å²) in [6.45, 7) is 0. The third kappa shape index (κ3) is 0.720. The fourth-order valence-electron chi connectivity index (χ4n) is 0.982. The van der Waals surface area contributed by atoms with Crippen molar-refractivity contribution in [2.45, 2.75) is 0 Å². The smallest absolute Gasteiger partial charge is 0.158 e. The summed E-state index contributed by atoms with van der Waals surface area (Å²) in [5, 5.41) is 8.61. The highest BCUT2D eigenvalue weighted by Gasteiger charge is 2.03. The number of anilines is 1. The van der Waals surface area contributed by atoms with Gasteiger partial charge in [0.1, 0.15) is 23.8 Å². The molecular formula is C7H5N5. The molecule has 0 saturated heterocycles. The van der Waals surface area contributed by atoms with Gasteiger partial charge in [0.2, 0.25) is 0 Å². The summed E-state index contributed by atoms with van der Waals surface area (Å²) in [5.74, 6) is 0.375. The number of imidazole rings is 1. The predicted molar refractivity (Wildman–Crippen MR) is 42.1 cm³/mol. The first-order chi connectivity index (χ1) is 5.83. The predicted octanol–water partition coefficient (Wildman–Crippen LogP) is 0.183. The number of fused-ring (bicyclic) bond motifs is 1. The molecule has 2 aromatic rings. The van der Waals surface area contributed by atoms with E-state index in [0.29, 0.717) is 17.0 Å². The number of rotatable bonds is 0. The van der Waals surface area contributed by atoms with E-state index < -0.39 is 0 Å². The minimum atomic E-state index is 0.362. The highest BCUT2D eigenvalue weighted by Crippen LogP contribution is 2.10. The molecule has 58 valence electrons. The van der Waals surface area contributed by atoms with E-state index >= 15 is 0 Å². The van der Waals surface area contributed by atoms with Gasteiger partial charge >= 0.3 is 0 Å². The zero-order valence-electron chi connectivity index (χ0n) is 6.10. The summed E-state index contributed by atoms with van der Waals surface area (Å²) in [4.78, 5) is 7.82. The van der Waals surface area contributed by atoms with Gasteiger partial charge < -0.3 is 5.73 Å². The Hall–Kier alpha value is -2.09. The standard InChI is InChI=1S/C7H5N5/c8-1-5-2-11-6-3-10-4-12(6)7(5)9/h2-4H,9H2. The van der Waals surface area contributed by atoms with Crippen LogP contribution in [0.15, 0.2) is 18.7 Å². The number of hydrogen-bond acceptors (Lipinski definition) is 4. The van der Waals surface area contributed by atoms with Crippen molar-refractivity contribution in [3.05, 3.63) is 24.3 Å². The van der Waals surface area contributed by atoms with Crippen molar-refractivity contribution in [3.63, 3.8) is 0 Å². The maximum atomic E-state index is 8.61. The molecule has 2 aromatic heterocycles. The van der Waals surface area contributed by atoms with Gasteiger partial charge in [0, 0.05) is 0 Å². The van der Waals surface area contributed by atoms with Gasteiger partial charge in [-0.25, -0.2) is 9.97 Å². The van der Waals surface area contributed by atoms with Gasteiger partial charge in [-0.05, 0) is 0 Å². The van der Waals surface area contributed by atoms with E-state index in [1.165, 1.54) is 12.5 Å². The van der Waals surface area contributed by atoms with Crippen LogP contribution in [0, 0.1) is 11.3 Å². The van der Waals surface area contributed by atoms with Gasteiger partial charge in [-0.1, -0.05) is 0 Å². The lowest BCUT2D eigenvalue weighted by molar-refractivity contribution is 1.11. The third-order valence-corrected chi connectivity index (χ3v) is 1.60. The zero-order valence-corrected chi connectivity index (χ0v) is 6.10. The second-order valence-electron chi connectivity index (χ2n) is 2.29. The second-order valence-corrected chi connectivity index (χ2v) is 2.29. The molecule has 0 aliphatic rings. The van der Waals surface area contributed by atoms with Crippen LogP contribution in [-0.2, 0) is 0 Å². The highest BCUT2D eigenvalue weighted by atomic mass is 15.1. The molecule has 5 heteroatoms. The molecule has 2 N–H and O–H groups in total. The van der Waals surface area contributed by atoms with Crippen molar-refractivity contribution < 1.29 is 0 Å². The first-order valence-electron chi connectivity index (χ1n) is 3.29. The van der Waals surface area contributed by atoms with Gasteiger partial charge in [0.25, 0.3) is 0 Å². The minimum Gasteiger partial charge on any atom is -0.384 e. The third-order valence-electron chi connectivity index (χ3n) is 1.60. The van der Waals surface area contributed by atoms with E-state index in [4.69, 9.17) is 11.0 Å². The monoisotopic (exact) mass is 159 g/mol. The van der Waals surface area contributed by atoms with E-state index in [1.54, 1.807) is 10.6 Å². The summed E-state index contributed by atoms with van der Waals surface area (Å²) in [6.07, 6.45) is 4.54. The Morgan fingerprint density at radius 1 is 1.50 bits per heavy atom. The quantitative estimate of drug-likeness (QED) is 0.594. The van der Waals surface area contributed by atoms with Gasteiger partial charge in [-0.15, -0.1) is 0 Å². The lowest BCUT2D eigenvalue weighted by atomic mass is 10.3. The van der Waals surface area contributed by atoms with Crippen LogP contribution in [0.5, 0.6) is 0 Å². The Morgan fingerprint density at radius 3 is 3.08 bits per heavy atom. The topological polar surface area (TPSA) is 80.0 Å². The van der Waals surface area contributed by atoms with E-state index in [-0.39, 0.29) is 0 Å². The Morgan fingerprint density at radius 2 is 2.33 bits per heavy atom. The van der Waals surface area contributed by atoms with Crippen molar-refractivity contribution in [1.82, 2.24) is 14.4 Å². The first-order valence-corrected chi connectivity index (χ1v) is 3.29. The largest absolute Gasteiger partial charge is 0.384 e. The van der Waals surface area contributed by atoms with E-state index in [0.717, 1.165) is 0 Å². The molecular weight excluding hydrogens is 154 g/mol. The van der Waals surface area contributed by atoms with Crippen molar-refractivity contribution in [2.75, 3.05) is 5.73 Å². The Kier molecular flexibility index (Phi) is 1.21. The lowest BCUT2D eigenvalue weighted by Gasteiger charge is -1.98. The molecule has 0 aliphatic heterocycles. The normalized spacial score (nSPS) is 9.92. The maximum absolute atomic E-state index is 8.61. The molecule has 2 rings (SSSR count). The molecule has 0 atom stereocenters. The molecule has 0 saturated carbocycles. The van der Waals surface area contributed by atoms with E-state index in [1.807, 2.05) is 6.07 Å². The first kappa shape index (κ1) is 6.61. The number of nitriles is 1. The number of nitrogens with zero attached hydrogens (tertiary/aromatic N) is 4. The molecule has 5 nitrogen and oxygen atoms in total. The van der Waals surface area contributed by atoms with Crippen LogP contribution in [0.1, 0.15) is 5.56 Å². The van der Waals surface area contributed by atoms with Crippen LogP contribution < -0.4 is 5.73 Å². The van der Waals surface area contributed by atoms with E-state index in [2.05, 4.69) is 9.97 Å². The average molecular weight is 159 g/mol. The maximum Gasteiger partial charge on any atom is 0.158 e. The minimum absolute atomic E-state index is 0.362. The van der Waals surface area contributed by atoms with Crippen molar-refractivity contribution in [2.24, 2.45) is 0 Å². The molecule has 0 unspecified atom stereocenters. The molecule has 0 aliphatic carbocycles. The lowest BCUT2D eigenvalue weighted by Crippen LogP contribution is -2.00. The molecule has 2 heterocycles. The average Bonchev–Trinajstić information content (AvgIpc) is 2.53. The highest BCUT2D eigenvalue weighted by molar-refractivity contribution is 5.54. The van der Waals surface area contributed by atoms with E-state index in [9.17, 15) is 0 Å². The SMILES string of the molecule is N#Cc1cnc2cncn2c1N. The number of aromatic nitrogens is 3. The Bertz CT molecular complexity index is 464. The van der Waals surface area contributed by atoms with Gasteiger partial charge in [0.05, 0.1) is 12.4 Å². The molecule has 0 aromatic carbocycles. The fraction of sp³-hybridized carbons (Fsp3) is 0. The molecule has 0 fully saturated rings. The molecule has 0 amide bonds. The fourth-order valence-corrected chi connectivity index (χ4v) is 0.982. The second kappa shape index (κ2) is 2.20. The van der Waals surface area contributed by atoms with Crippen LogP contribution in [0.25, 0.3) is 5.65 Å². The van der Waals surface area contributed by atoms with Crippen LogP contribution in [0.3, 0.4) is 0 Å².